The number of fused-ring (bicyclic) bond motifs is 10. The monoisotopic (exact) mass is 610 g/mol. The summed E-state index contributed by atoms with van der Waals surface area (Å²) < 4.78 is 2.47. The van der Waals surface area contributed by atoms with Crippen molar-refractivity contribution in [1.29, 1.82) is 0 Å². The summed E-state index contributed by atoms with van der Waals surface area (Å²) in [5, 5.41) is 12.6. The normalized spacial score (nSPS) is 11.8. The molecule has 0 saturated carbocycles. The van der Waals surface area contributed by atoms with Crippen LogP contribution in [-0.4, -0.2) is 4.57 Å². The average molecular weight is 611 g/mol. The third kappa shape index (κ3) is 4.06. The van der Waals surface area contributed by atoms with Gasteiger partial charge in [-0.3, -0.25) is 0 Å². The lowest BCUT2D eigenvalue weighted by atomic mass is 9.99. The molecule has 1 heterocycles. The molecule has 10 aromatic rings. The minimum atomic E-state index is 1.11. The Morgan fingerprint density at radius 1 is 0.333 bits per heavy atom. The Kier molecular flexibility index (Phi) is 5.91. The molecule has 10 rings (SSSR count). The number of hydrogen-bond donors (Lipinski definition) is 0. The predicted molar refractivity (Wildman–Crippen MR) is 205 cm³/mol. The Morgan fingerprint density at radius 3 is 1.67 bits per heavy atom. The van der Waals surface area contributed by atoms with E-state index in [1.807, 2.05) is 0 Å². The summed E-state index contributed by atoms with van der Waals surface area (Å²) in [6.07, 6.45) is 0. The average Bonchev–Trinajstić information content (AvgIpc) is 3.49. The molecule has 0 spiro atoms. The third-order valence-electron chi connectivity index (χ3n) is 9.89. The molecule has 0 unspecified atom stereocenters. The topological polar surface area (TPSA) is 8.17 Å². The van der Waals surface area contributed by atoms with Crippen molar-refractivity contribution in [3.63, 3.8) is 0 Å². The van der Waals surface area contributed by atoms with Gasteiger partial charge in [0.25, 0.3) is 0 Å². The maximum absolute atomic E-state index is 2.47. The molecule has 1 aromatic heterocycles. The highest BCUT2D eigenvalue weighted by Gasteiger charge is 2.20. The van der Waals surface area contributed by atoms with Crippen LogP contribution in [0.25, 0.3) is 70.6 Å². The summed E-state index contributed by atoms with van der Waals surface area (Å²) in [5.74, 6) is 0. The van der Waals surface area contributed by atoms with Gasteiger partial charge >= 0.3 is 0 Å². The second-order valence-corrected chi connectivity index (χ2v) is 12.6. The maximum Gasteiger partial charge on any atom is 0.0625 e. The van der Waals surface area contributed by atoms with E-state index in [1.165, 1.54) is 64.9 Å². The Labute approximate surface area is 278 Å². The van der Waals surface area contributed by atoms with Gasteiger partial charge in [-0.15, -0.1) is 0 Å². The van der Waals surface area contributed by atoms with Crippen LogP contribution in [0.4, 0.5) is 17.1 Å². The second kappa shape index (κ2) is 10.6. The first-order chi connectivity index (χ1) is 23.8. The van der Waals surface area contributed by atoms with Crippen molar-refractivity contribution in [2.24, 2.45) is 0 Å². The molecule has 0 bridgehead atoms. The Bertz CT molecular complexity index is 2830. The van der Waals surface area contributed by atoms with E-state index in [0.717, 1.165) is 22.7 Å². The number of anilines is 3. The van der Waals surface area contributed by atoms with E-state index in [9.17, 15) is 0 Å². The first-order valence-electron chi connectivity index (χ1n) is 16.5. The number of hydrogen-bond acceptors (Lipinski definition) is 1. The van der Waals surface area contributed by atoms with Crippen molar-refractivity contribution in [3.8, 4) is 5.69 Å². The van der Waals surface area contributed by atoms with Crippen molar-refractivity contribution >= 4 is 82.0 Å². The van der Waals surface area contributed by atoms with Crippen LogP contribution < -0.4 is 4.90 Å². The third-order valence-corrected chi connectivity index (χ3v) is 9.89. The molecule has 0 radical (unpaired) electrons. The van der Waals surface area contributed by atoms with Gasteiger partial charge in [-0.1, -0.05) is 133 Å². The maximum atomic E-state index is 2.47. The molecule has 9 aromatic carbocycles. The summed E-state index contributed by atoms with van der Waals surface area (Å²) >= 11 is 0. The van der Waals surface area contributed by atoms with Crippen molar-refractivity contribution in [1.82, 2.24) is 4.57 Å². The highest BCUT2D eigenvalue weighted by molar-refractivity contribution is 6.25. The van der Waals surface area contributed by atoms with Crippen molar-refractivity contribution in [2.75, 3.05) is 4.90 Å². The molecular weight excluding hydrogens is 581 g/mol. The minimum Gasteiger partial charge on any atom is -0.310 e. The molecule has 0 atom stereocenters. The molecule has 0 aliphatic carbocycles. The zero-order valence-corrected chi connectivity index (χ0v) is 26.2. The summed E-state index contributed by atoms with van der Waals surface area (Å²) in [6, 6.07) is 66.3. The fourth-order valence-corrected chi connectivity index (χ4v) is 7.73. The quantitative estimate of drug-likeness (QED) is 0.180. The van der Waals surface area contributed by atoms with Crippen molar-refractivity contribution in [2.45, 2.75) is 0 Å². The summed E-state index contributed by atoms with van der Waals surface area (Å²) in [6.45, 7) is 0. The first-order valence-corrected chi connectivity index (χ1v) is 16.5. The molecule has 0 aliphatic heterocycles. The lowest BCUT2D eigenvalue weighted by Gasteiger charge is -2.26. The minimum absolute atomic E-state index is 1.11. The van der Waals surface area contributed by atoms with Crippen molar-refractivity contribution < 1.29 is 0 Å². The van der Waals surface area contributed by atoms with E-state index in [4.69, 9.17) is 0 Å². The first kappa shape index (κ1) is 26.8. The zero-order chi connectivity index (χ0) is 31.6. The SMILES string of the molecule is c1ccc(N(c2ccc3c(ccc4ccccc43)c2)c2ccc3c4ccc5ccc6ccccc6c5c4n(-c4ccccc4)c3c2)cc1. The smallest absolute Gasteiger partial charge is 0.0625 e. The lowest BCUT2D eigenvalue weighted by molar-refractivity contribution is 1.18. The molecule has 224 valence electrons. The van der Waals surface area contributed by atoms with E-state index >= 15 is 0 Å². The lowest BCUT2D eigenvalue weighted by Crippen LogP contribution is -2.10. The van der Waals surface area contributed by atoms with Gasteiger partial charge in [-0.25, -0.2) is 0 Å². The number of benzene rings is 9. The van der Waals surface area contributed by atoms with Gasteiger partial charge in [0.2, 0.25) is 0 Å². The van der Waals surface area contributed by atoms with Crippen LogP contribution in [0.1, 0.15) is 0 Å². The Balaban J connectivity index is 1.28. The molecular formula is C46H30N2. The Morgan fingerprint density at radius 2 is 0.875 bits per heavy atom. The van der Waals surface area contributed by atoms with Gasteiger partial charge in [0, 0.05) is 38.9 Å². The van der Waals surface area contributed by atoms with E-state index in [2.05, 4.69) is 191 Å². The van der Waals surface area contributed by atoms with Gasteiger partial charge in [0.05, 0.1) is 11.0 Å². The van der Waals surface area contributed by atoms with Crippen LogP contribution in [0.5, 0.6) is 0 Å². The second-order valence-electron chi connectivity index (χ2n) is 12.6. The van der Waals surface area contributed by atoms with Gasteiger partial charge in [0.1, 0.15) is 0 Å². The molecule has 48 heavy (non-hydrogen) atoms. The van der Waals surface area contributed by atoms with Gasteiger partial charge in [0.15, 0.2) is 0 Å². The van der Waals surface area contributed by atoms with Crippen LogP contribution in [0, 0.1) is 0 Å². The fourth-order valence-electron chi connectivity index (χ4n) is 7.73. The van der Waals surface area contributed by atoms with Gasteiger partial charge < -0.3 is 9.47 Å². The number of nitrogens with zero attached hydrogens (tertiary/aromatic N) is 2. The van der Waals surface area contributed by atoms with Crippen molar-refractivity contribution in [3.05, 3.63) is 182 Å². The largest absolute Gasteiger partial charge is 0.310 e. The number of aromatic nitrogens is 1. The van der Waals surface area contributed by atoms with Crippen LogP contribution in [0.15, 0.2) is 182 Å². The predicted octanol–water partition coefficient (Wildman–Crippen LogP) is 12.9. The molecule has 0 amide bonds. The standard InChI is InChI=1S/C46H30N2/c1-3-13-35(14-4-1)47(37-24-27-40-34(29-37)22-20-31-11-7-9-17-39(31)40)38-25-28-42-43-26-23-33-21-19-32-12-8-10-18-41(32)45(33)46(43)48(44(42)30-38)36-15-5-2-6-16-36/h1-30H. The zero-order valence-electron chi connectivity index (χ0n) is 26.2. The number of rotatable bonds is 4. The molecule has 2 heteroatoms. The molecule has 0 saturated heterocycles. The number of para-hydroxylation sites is 2. The molecule has 2 nitrogen and oxygen atoms in total. The van der Waals surface area contributed by atoms with E-state index < -0.39 is 0 Å². The summed E-state index contributed by atoms with van der Waals surface area (Å²) in [5.41, 5.74) is 6.94. The van der Waals surface area contributed by atoms with E-state index in [1.54, 1.807) is 0 Å². The van der Waals surface area contributed by atoms with E-state index in [0.29, 0.717) is 0 Å². The summed E-state index contributed by atoms with van der Waals surface area (Å²) in [4.78, 5) is 2.38. The van der Waals surface area contributed by atoms with Gasteiger partial charge in [-0.2, -0.15) is 0 Å². The van der Waals surface area contributed by atoms with Crippen LogP contribution in [-0.2, 0) is 0 Å². The Hall–Kier alpha value is -6.38. The highest BCUT2D eigenvalue weighted by Crippen LogP contribution is 2.43. The highest BCUT2D eigenvalue weighted by atomic mass is 15.1. The molecule has 0 N–H and O–H groups in total. The summed E-state index contributed by atoms with van der Waals surface area (Å²) in [7, 11) is 0. The van der Waals surface area contributed by atoms with Crippen LogP contribution >= 0.6 is 0 Å². The van der Waals surface area contributed by atoms with Crippen LogP contribution in [0.2, 0.25) is 0 Å². The fraction of sp³-hybridized carbons (Fsp3) is 0. The van der Waals surface area contributed by atoms with Gasteiger partial charge in [-0.05, 0) is 86.2 Å². The van der Waals surface area contributed by atoms with Crippen LogP contribution in [0.3, 0.4) is 0 Å². The molecule has 0 aliphatic rings. The van der Waals surface area contributed by atoms with E-state index in [-0.39, 0.29) is 0 Å². The molecule has 0 fully saturated rings.